The first kappa shape index (κ1) is 22.3. The molecular weight excluding hydrogens is 484 g/mol. The first-order valence-corrected chi connectivity index (χ1v) is 12.0. The first-order chi connectivity index (χ1) is 15.7. The molecule has 0 amide bonds. The Morgan fingerprint density at radius 1 is 1.12 bits per heavy atom. The zero-order valence-electron chi connectivity index (χ0n) is 18.7. The van der Waals surface area contributed by atoms with Crippen molar-refractivity contribution >= 4 is 44.3 Å². The van der Waals surface area contributed by atoms with Gasteiger partial charge in [0.25, 0.3) is 0 Å². The van der Waals surface area contributed by atoms with Crippen molar-refractivity contribution in [3.05, 3.63) is 46.2 Å². The Morgan fingerprint density at radius 2 is 1.91 bits per heavy atom. The summed E-state index contributed by atoms with van der Waals surface area (Å²) >= 11 is 3.42. The molecule has 174 valence electrons. The lowest BCUT2D eigenvalue weighted by molar-refractivity contribution is 0.0129. The molecular formula is C24H29BrN6O2. The van der Waals surface area contributed by atoms with Crippen LogP contribution in [-0.4, -0.2) is 50.0 Å². The highest BCUT2D eigenvalue weighted by atomic mass is 79.9. The summed E-state index contributed by atoms with van der Waals surface area (Å²) in [4.78, 5) is 15.2. The number of pyridine rings is 1. The minimum atomic E-state index is -0.844. The van der Waals surface area contributed by atoms with Crippen LogP contribution in [0.3, 0.4) is 0 Å². The van der Waals surface area contributed by atoms with Gasteiger partial charge in [-0.15, -0.1) is 0 Å². The van der Waals surface area contributed by atoms with E-state index in [4.69, 9.17) is 11.5 Å². The lowest BCUT2D eigenvalue weighted by Gasteiger charge is -2.30. The normalized spacial score (nSPS) is 26.2. The summed E-state index contributed by atoms with van der Waals surface area (Å²) in [5, 5.41) is 22.8. The SMILES string of the molecule is CC1(C)CN(C2CC(CCc3ccc4cc(Br)c(N)nc4c3)C(O)C2O)c2ncnc(N)c21. The van der Waals surface area contributed by atoms with Gasteiger partial charge in [0, 0.05) is 22.9 Å². The van der Waals surface area contributed by atoms with E-state index in [2.05, 4.69) is 55.7 Å². The molecule has 2 aromatic heterocycles. The van der Waals surface area contributed by atoms with Gasteiger partial charge in [-0.05, 0) is 58.8 Å². The van der Waals surface area contributed by atoms with E-state index in [-0.39, 0.29) is 17.4 Å². The standard InChI is InChI=1S/C24H29BrN6O2/c1-24(2)10-31(23-18(24)22(27)28-11-29-23)17-9-14(19(32)20(17)33)6-4-12-3-5-13-8-15(25)21(26)30-16(13)7-12/h3,5,7-8,11,14,17,19-20,32-33H,4,6,9-10H2,1-2H3,(H2,26,30)(H2,27,28,29). The molecule has 1 saturated carbocycles. The van der Waals surface area contributed by atoms with E-state index < -0.39 is 12.2 Å². The minimum absolute atomic E-state index is 0.0185. The number of fused-ring (bicyclic) bond motifs is 2. The van der Waals surface area contributed by atoms with Crippen LogP contribution >= 0.6 is 15.9 Å². The number of aliphatic hydroxyl groups excluding tert-OH is 2. The Morgan fingerprint density at radius 3 is 2.70 bits per heavy atom. The van der Waals surface area contributed by atoms with Gasteiger partial charge in [-0.25, -0.2) is 15.0 Å². The molecule has 0 bridgehead atoms. The van der Waals surface area contributed by atoms with Crippen molar-refractivity contribution in [3.8, 4) is 0 Å². The topological polar surface area (TPSA) is 134 Å². The Bertz CT molecular complexity index is 1220. The number of nitrogen functional groups attached to an aromatic ring is 2. The number of nitrogens with zero attached hydrogens (tertiary/aromatic N) is 4. The van der Waals surface area contributed by atoms with Gasteiger partial charge in [-0.2, -0.15) is 0 Å². The maximum absolute atomic E-state index is 11.0. The fourth-order valence-corrected chi connectivity index (χ4v) is 5.85. The zero-order chi connectivity index (χ0) is 23.5. The second-order valence-electron chi connectivity index (χ2n) is 9.93. The Labute approximate surface area is 201 Å². The number of benzene rings is 1. The van der Waals surface area contributed by atoms with Crippen LogP contribution in [0, 0.1) is 5.92 Å². The van der Waals surface area contributed by atoms with Gasteiger partial charge in [0.1, 0.15) is 29.9 Å². The minimum Gasteiger partial charge on any atom is -0.390 e. The number of hydrogen-bond acceptors (Lipinski definition) is 8. The van der Waals surface area contributed by atoms with Gasteiger partial charge in [0.15, 0.2) is 0 Å². The monoisotopic (exact) mass is 512 g/mol. The predicted octanol–water partition coefficient (Wildman–Crippen LogP) is 2.79. The second kappa shape index (κ2) is 8.07. The molecule has 0 saturated heterocycles. The van der Waals surface area contributed by atoms with Crippen LogP contribution in [-0.2, 0) is 11.8 Å². The maximum Gasteiger partial charge on any atom is 0.138 e. The van der Waals surface area contributed by atoms with Crippen molar-refractivity contribution in [1.29, 1.82) is 0 Å². The van der Waals surface area contributed by atoms with E-state index in [9.17, 15) is 10.2 Å². The highest BCUT2D eigenvalue weighted by Crippen LogP contribution is 2.46. The lowest BCUT2D eigenvalue weighted by Crippen LogP contribution is -2.44. The highest BCUT2D eigenvalue weighted by molar-refractivity contribution is 9.10. The molecule has 1 aliphatic carbocycles. The summed E-state index contributed by atoms with van der Waals surface area (Å²) in [5.74, 6) is 1.70. The van der Waals surface area contributed by atoms with Crippen LogP contribution in [0.2, 0.25) is 0 Å². The van der Waals surface area contributed by atoms with Crippen LogP contribution in [0.1, 0.15) is 37.8 Å². The lowest BCUT2D eigenvalue weighted by atomic mass is 9.88. The third kappa shape index (κ3) is 3.82. The van der Waals surface area contributed by atoms with Crippen molar-refractivity contribution in [3.63, 3.8) is 0 Å². The van der Waals surface area contributed by atoms with Crippen molar-refractivity contribution in [2.75, 3.05) is 22.9 Å². The molecule has 5 rings (SSSR count). The van der Waals surface area contributed by atoms with Crippen LogP contribution < -0.4 is 16.4 Å². The third-order valence-electron chi connectivity index (χ3n) is 7.21. The zero-order valence-corrected chi connectivity index (χ0v) is 20.3. The summed E-state index contributed by atoms with van der Waals surface area (Å²) in [5.41, 5.74) is 14.8. The number of aliphatic hydroxyl groups is 2. The Balaban J connectivity index is 1.33. The molecule has 1 aromatic carbocycles. The molecule has 2 aliphatic rings. The third-order valence-corrected chi connectivity index (χ3v) is 7.84. The second-order valence-corrected chi connectivity index (χ2v) is 10.8. The Kier molecular flexibility index (Phi) is 5.46. The molecule has 3 heterocycles. The predicted molar refractivity (Wildman–Crippen MR) is 133 cm³/mol. The van der Waals surface area contributed by atoms with E-state index in [1.807, 2.05) is 18.2 Å². The average molecular weight is 513 g/mol. The Hall–Kier alpha value is -2.49. The summed E-state index contributed by atoms with van der Waals surface area (Å²) < 4.78 is 0.788. The van der Waals surface area contributed by atoms with Crippen molar-refractivity contribution in [2.24, 2.45) is 5.92 Å². The fourth-order valence-electron chi connectivity index (χ4n) is 5.52. The van der Waals surface area contributed by atoms with E-state index >= 15 is 0 Å². The van der Waals surface area contributed by atoms with Crippen LogP contribution in [0.25, 0.3) is 10.9 Å². The number of hydrogen-bond donors (Lipinski definition) is 4. The molecule has 1 fully saturated rings. The number of anilines is 3. The highest BCUT2D eigenvalue weighted by Gasteiger charge is 2.49. The molecule has 9 heteroatoms. The van der Waals surface area contributed by atoms with Gasteiger partial charge >= 0.3 is 0 Å². The summed E-state index contributed by atoms with van der Waals surface area (Å²) in [7, 11) is 0. The summed E-state index contributed by atoms with van der Waals surface area (Å²) in [6.45, 7) is 4.90. The summed E-state index contributed by atoms with van der Waals surface area (Å²) in [6.07, 6.45) is 2.08. The van der Waals surface area contributed by atoms with E-state index in [1.165, 1.54) is 6.33 Å². The molecule has 4 unspecified atom stereocenters. The van der Waals surface area contributed by atoms with Crippen molar-refractivity contribution in [1.82, 2.24) is 15.0 Å². The molecule has 6 N–H and O–H groups in total. The van der Waals surface area contributed by atoms with Gasteiger partial charge in [0.2, 0.25) is 0 Å². The number of nitrogens with two attached hydrogens (primary N) is 2. The maximum atomic E-state index is 11.0. The van der Waals surface area contributed by atoms with Crippen molar-refractivity contribution < 1.29 is 10.2 Å². The van der Waals surface area contributed by atoms with E-state index in [0.29, 0.717) is 24.6 Å². The molecule has 8 nitrogen and oxygen atoms in total. The van der Waals surface area contributed by atoms with Crippen LogP contribution in [0.15, 0.2) is 35.1 Å². The van der Waals surface area contributed by atoms with Crippen LogP contribution in [0.5, 0.6) is 0 Å². The largest absolute Gasteiger partial charge is 0.390 e. The molecule has 0 spiro atoms. The molecule has 33 heavy (non-hydrogen) atoms. The fraction of sp³-hybridized carbons (Fsp3) is 0.458. The van der Waals surface area contributed by atoms with Gasteiger partial charge in [-0.1, -0.05) is 26.0 Å². The summed E-state index contributed by atoms with van der Waals surface area (Å²) in [6, 6.07) is 7.93. The van der Waals surface area contributed by atoms with Gasteiger partial charge < -0.3 is 26.6 Å². The van der Waals surface area contributed by atoms with E-state index in [0.717, 1.165) is 45.2 Å². The quantitative estimate of drug-likeness (QED) is 0.419. The molecule has 4 atom stereocenters. The number of aryl methyl sites for hydroxylation is 1. The van der Waals surface area contributed by atoms with Gasteiger partial charge in [0.05, 0.1) is 22.1 Å². The first-order valence-electron chi connectivity index (χ1n) is 11.2. The van der Waals surface area contributed by atoms with E-state index in [1.54, 1.807) is 0 Å². The number of rotatable bonds is 4. The smallest absolute Gasteiger partial charge is 0.138 e. The molecule has 3 aromatic rings. The molecule has 0 radical (unpaired) electrons. The van der Waals surface area contributed by atoms with Crippen LogP contribution in [0.4, 0.5) is 17.5 Å². The van der Waals surface area contributed by atoms with Gasteiger partial charge in [-0.3, -0.25) is 0 Å². The van der Waals surface area contributed by atoms with Crippen molar-refractivity contribution in [2.45, 2.75) is 56.8 Å². The number of halogens is 1. The average Bonchev–Trinajstić information content (AvgIpc) is 3.21. The molecule has 1 aliphatic heterocycles. The number of aromatic nitrogens is 3.